The predicted molar refractivity (Wildman–Crippen MR) is 512 cm³/mol. The molecule has 2 heterocycles. The Morgan fingerprint density at radius 3 is 1.11 bits per heavy atom. The molecule has 142 heavy (non-hydrogen) atoms. The minimum atomic E-state index is -1.92. The largest absolute Gasteiger partial charge is 0.480 e. The van der Waals surface area contributed by atoms with Gasteiger partial charge in [0, 0.05) is 51.7 Å². The minimum absolute atomic E-state index is 0.0303. The van der Waals surface area contributed by atoms with Crippen molar-refractivity contribution < 1.29 is 121 Å². The van der Waals surface area contributed by atoms with Crippen LogP contribution in [0.5, 0.6) is 0 Å². The van der Waals surface area contributed by atoms with Crippen molar-refractivity contribution in [3.63, 3.8) is 0 Å². The topological polar surface area (TPSA) is 795 Å². The van der Waals surface area contributed by atoms with Gasteiger partial charge in [0.25, 0.3) is 0 Å². The van der Waals surface area contributed by atoms with E-state index in [9.17, 15) is 121 Å². The molecule has 5 rings (SSSR count). The molecule has 0 unspecified atom stereocenters. The molecule has 2 aliphatic rings. The predicted octanol–water partition coefficient (Wildman–Crippen LogP) is -7.98. The number of benzene rings is 3. The molecule has 0 spiro atoms. The molecule has 31 N–H and O–H groups in total. The summed E-state index contributed by atoms with van der Waals surface area (Å²) >= 11 is 0. The van der Waals surface area contributed by atoms with Gasteiger partial charge in [-0.2, -0.15) is 0 Å². The first-order chi connectivity index (χ1) is 67.2. The molecular weight excluding hydrogens is 1850 g/mol. The highest BCUT2D eigenvalue weighted by Crippen LogP contribution is 2.24. The van der Waals surface area contributed by atoms with Crippen molar-refractivity contribution in [1.29, 1.82) is 0 Å². The van der Waals surface area contributed by atoms with Gasteiger partial charge < -0.3 is 144 Å². The van der Waals surface area contributed by atoms with E-state index in [2.05, 4.69) is 84.7 Å². The van der Waals surface area contributed by atoms with Gasteiger partial charge in [-0.3, -0.25) is 101 Å². The van der Waals surface area contributed by atoms with Crippen LogP contribution in [-0.2, 0) is 120 Å². The van der Waals surface area contributed by atoms with Gasteiger partial charge >= 0.3 is 5.97 Å². The molecule has 21 atom stereocenters. The summed E-state index contributed by atoms with van der Waals surface area (Å²) in [5.74, 6) is -23.3. The van der Waals surface area contributed by atoms with Gasteiger partial charge in [0.1, 0.15) is 103 Å². The Hall–Kier alpha value is -14.4. The molecule has 49 nitrogen and oxygen atoms in total. The maximum Gasteiger partial charge on any atom is 0.326 e. The van der Waals surface area contributed by atoms with Crippen LogP contribution in [0.15, 0.2) is 96.0 Å². The number of carbonyl (C=O) groups excluding carboxylic acids is 20. The quantitative estimate of drug-likeness (QED) is 0.0142. The molecule has 782 valence electrons. The molecule has 3 aromatic carbocycles. The van der Waals surface area contributed by atoms with Crippen molar-refractivity contribution in [2.24, 2.45) is 57.1 Å². The van der Waals surface area contributed by atoms with Crippen molar-refractivity contribution in [1.82, 2.24) is 89.6 Å². The van der Waals surface area contributed by atoms with Crippen LogP contribution in [0.4, 0.5) is 0 Å². The van der Waals surface area contributed by atoms with E-state index in [1.807, 2.05) is 6.92 Å². The number of nitrogens with one attached hydrogen (secondary N) is 15. The molecule has 49 heteroatoms. The Kier molecular flexibility index (Phi) is 49.3. The summed E-state index contributed by atoms with van der Waals surface area (Å²) in [6, 6.07) is -3.09. The van der Waals surface area contributed by atoms with Crippen LogP contribution in [-0.4, -0.2) is 309 Å². The summed E-state index contributed by atoms with van der Waals surface area (Å²) in [5.41, 5.74) is 34.9. The van der Waals surface area contributed by atoms with E-state index in [0.29, 0.717) is 29.5 Å². The fourth-order valence-corrected chi connectivity index (χ4v) is 15.4. The number of amides is 20. The third-order valence-corrected chi connectivity index (χ3v) is 24.5. The van der Waals surface area contributed by atoms with Crippen LogP contribution in [0.3, 0.4) is 0 Å². The standard InChI is InChI=1S/C93H140N24O25/c1-10-48(4)72(97)87(136)113-65(46-119)83(132)110-63(43-56-29-20-15-21-30-56)91(140)117-40-24-32-67(117)85(134)102-52(8)76(125)114-73(49(5)11-2)89(138)109-62(44-71(96)123)81(130)104-57(34-36-69(94)121)77(126)107-60(41-54-25-16-13-17-26-54)79(128)101-51(7)75(124)103-53(9)90(139)116-39-23-33-68(116)86(135)112-64(45-118)82(131)105-58(35-37-70(95)122)78(127)108-61(42-55-27-18-14-19-28-55)80(129)111-66(47-120)84(133)115-74(50(6)12-3)88(137)106-59(92(141)142)31-22-38-100-93(98)99/h13-21,25-30,48-53,57-68,72-74,118-120H,10-12,22-24,31-47,97H2,1-9H3,(H2,94,121)(H2,95,122)(H2,96,123)(H,101,128)(H,102,134)(H,103,124)(H,104,130)(H,105,131)(H,106,137)(H,107,126)(H,108,127)(H,109,138)(H,110,132)(H,111,129)(H,112,135)(H,113,136)(H,114,125)(H,115,133)(H,141,142)(H4,98,99,100)/t48-,49-,50-,51-,52-,53-,57-,58-,59-,60-,61-,62-,63-,64-,65-,66-,67-,68-,72-,73-,74-/m0/s1. The lowest BCUT2D eigenvalue weighted by atomic mass is 9.97. The molecule has 2 aliphatic heterocycles. The number of aliphatic hydroxyl groups excluding tert-OH is 3. The number of aliphatic carboxylic acids is 1. The molecule has 0 bridgehead atoms. The number of carboxylic acids is 1. The van der Waals surface area contributed by atoms with Crippen LogP contribution >= 0.6 is 0 Å². The first-order valence-corrected chi connectivity index (χ1v) is 47.2. The highest BCUT2D eigenvalue weighted by Gasteiger charge is 2.44. The number of rotatable bonds is 60. The number of aliphatic imine (C=N–C) groups is 1. The summed E-state index contributed by atoms with van der Waals surface area (Å²) in [6.07, 6.45) is -2.28. The van der Waals surface area contributed by atoms with Crippen LogP contribution in [0.25, 0.3) is 0 Å². The Balaban J connectivity index is 1.26. The number of guanidine groups is 1. The summed E-state index contributed by atoms with van der Waals surface area (Å²) < 4.78 is 0. The summed E-state index contributed by atoms with van der Waals surface area (Å²) in [5, 5.41) is 78.2. The Bertz CT molecular complexity index is 4890. The zero-order valence-electron chi connectivity index (χ0n) is 81.2. The molecule has 0 aromatic heterocycles. The molecule has 20 amide bonds. The van der Waals surface area contributed by atoms with E-state index in [1.54, 1.807) is 126 Å². The van der Waals surface area contributed by atoms with Gasteiger partial charge in [-0.15, -0.1) is 0 Å². The molecular formula is C93H140N24O25. The van der Waals surface area contributed by atoms with Crippen LogP contribution in [0, 0.1) is 17.8 Å². The monoisotopic (exact) mass is 1990 g/mol. The number of carboxylic acid groups (broad SMARTS) is 1. The van der Waals surface area contributed by atoms with Crippen molar-refractivity contribution in [3.8, 4) is 0 Å². The normalized spacial score (nSPS) is 17.3. The van der Waals surface area contributed by atoms with Gasteiger partial charge in [0.15, 0.2) is 5.96 Å². The van der Waals surface area contributed by atoms with E-state index >= 15 is 0 Å². The SMILES string of the molecule is CC[C@H](C)[C@H](N)C(=O)N[C@@H](CO)C(=O)N[C@@H](Cc1ccccc1)C(=O)N1CCC[C@H]1C(=O)N[C@@H](C)C(=O)N[C@H](C(=O)N[C@@H](CC(N)=O)C(=O)N[C@@H](CCC(N)=O)C(=O)N[C@@H](Cc1ccccc1)C(=O)N[C@@H](C)C(=O)N[C@@H](C)C(=O)N1CCC[C@H]1C(=O)N[C@@H](CO)C(=O)N[C@@H](CCC(N)=O)C(=O)N[C@@H](Cc1ccccc1)C(=O)N[C@@H](CO)C(=O)N[C@H](C(=O)N[C@@H](CCCN=C(N)N)C(=O)O)[C@@H](C)CC)[C@@H](C)CC. The van der Waals surface area contributed by atoms with Gasteiger partial charge in [0.05, 0.1) is 32.3 Å². The average Bonchev–Trinajstić information content (AvgIpc) is 1.66. The minimum Gasteiger partial charge on any atom is -0.480 e. The number of aliphatic hydroxyl groups is 3. The van der Waals surface area contributed by atoms with Crippen molar-refractivity contribution >= 4 is 130 Å². The highest BCUT2D eigenvalue weighted by atomic mass is 16.4. The Morgan fingerprint density at radius 2 is 0.683 bits per heavy atom. The van der Waals surface area contributed by atoms with E-state index in [0.717, 1.165) is 4.90 Å². The fraction of sp³-hybridized carbons (Fsp3) is 0.570. The second-order valence-corrected chi connectivity index (χ2v) is 35.4. The average molecular weight is 1990 g/mol. The number of likely N-dealkylation sites (tertiary alicyclic amines) is 2. The first-order valence-electron chi connectivity index (χ1n) is 47.2. The van der Waals surface area contributed by atoms with Gasteiger partial charge in [-0.25, -0.2) is 4.79 Å². The van der Waals surface area contributed by atoms with Gasteiger partial charge in [-0.1, -0.05) is 152 Å². The number of hydrogen-bond donors (Lipinski definition) is 25. The highest BCUT2D eigenvalue weighted by molar-refractivity contribution is 6.03. The molecule has 3 aromatic rings. The van der Waals surface area contributed by atoms with Crippen molar-refractivity contribution in [2.45, 2.75) is 280 Å². The van der Waals surface area contributed by atoms with Crippen LogP contribution < -0.4 is 114 Å². The van der Waals surface area contributed by atoms with E-state index < -0.39 is 297 Å². The lowest BCUT2D eigenvalue weighted by Crippen LogP contribution is -2.61. The third kappa shape index (κ3) is 38.0. The van der Waals surface area contributed by atoms with Crippen LogP contribution in [0.2, 0.25) is 0 Å². The number of nitrogens with zero attached hydrogens (tertiary/aromatic N) is 3. The van der Waals surface area contributed by atoms with E-state index in [4.69, 9.17) is 34.4 Å². The van der Waals surface area contributed by atoms with Crippen molar-refractivity contribution in [2.75, 3.05) is 39.5 Å². The lowest BCUT2D eigenvalue weighted by molar-refractivity contribution is -0.143. The molecule has 2 saturated heterocycles. The summed E-state index contributed by atoms with van der Waals surface area (Å²) in [6.45, 7) is 10.7. The van der Waals surface area contributed by atoms with Crippen LogP contribution in [0.1, 0.15) is 169 Å². The van der Waals surface area contributed by atoms with E-state index in [1.165, 1.54) is 25.7 Å². The molecule has 0 aliphatic carbocycles. The van der Waals surface area contributed by atoms with Gasteiger partial charge in [-0.05, 0) is 107 Å². The number of primary amides is 3. The number of nitrogens with two attached hydrogens (primary N) is 6. The molecule has 2 fully saturated rings. The fourth-order valence-electron chi connectivity index (χ4n) is 15.4. The first kappa shape index (κ1) is 118. The smallest absolute Gasteiger partial charge is 0.326 e. The Labute approximate surface area is 821 Å². The molecule has 0 saturated carbocycles. The zero-order valence-corrected chi connectivity index (χ0v) is 81.2. The summed E-state index contributed by atoms with van der Waals surface area (Å²) in [4.78, 5) is 296. The molecule has 0 radical (unpaired) electrons. The maximum absolute atomic E-state index is 14.6. The lowest BCUT2D eigenvalue weighted by Gasteiger charge is -2.31. The Morgan fingerprint density at radius 1 is 0.352 bits per heavy atom. The van der Waals surface area contributed by atoms with Gasteiger partial charge in [0.2, 0.25) is 118 Å². The van der Waals surface area contributed by atoms with Crippen molar-refractivity contribution in [3.05, 3.63) is 108 Å². The maximum atomic E-state index is 14.6. The second kappa shape index (κ2) is 59.3. The zero-order chi connectivity index (χ0) is 106. The summed E-state index contributed by atoms with van der Waals surface area (Å²) in [7, 11) is 0. The van der Waals surface area contributed by atoms with E-state index in [-0.39, 0.29) is 95.7 Å². The number of carbonyl (C=O) groups is 21. The number of hydrogen-bond acceptors (Lipinski definition) is 26. The third-order valence-electron chi connectivity index (χ3n) is 24.5. The second-order valence-electron chi connectivity index (χ2n) is 35.4.